The Morgan fingerprint density at radius 1 is 1.54 bits per heavy atom. The minimum Gasteiger partial charge on any atom is -0.380 e. The van der Waals surface area contributed by atoms with Gasteiger partial charge in [0.1, 0.15) is 0 Å². The van der Waals surface area contributed by atoms with Crippen LogP contribution in [0.25, 0.3) is 0 Å². The fourth-order valence-corrected chi connectivity index (χ4v) is 1.43. The van der Waals surface area contributed by atoms with Crippen molar-refractivity contribution in [3.05, 3.63) is 0 Å². The van der Waals surface area contributed by atoms with Crippen molar-refractivity contribution < 1.29 is 4.74 Å². The Hall–Kier alpha value is -0.610. The van der Waals surface area contributed by atoms with Crippen LogP contribution < -0.4 is 5.32 Å². The van der Waals surface area contributed by atoms with Gasteiger partial charge in [-0.2, -0.15) is 0 Å². The molecule has 1 fully saturated rings. The summed E-state index contributed by atoms with van der Waals surface area (Å²) in [7, 11) is 1.86. The summed E-state index contributed by atoms with van der Waals surface area (Å²) >= 11 is 0. The van der Waals surface area contributed by atoms with Gasteiger partial charge in [-0.1, -0.05) is 0 Å². The Bertz CT molecular complexity index is 155. The van der Waals surface area contributed by atoms with E-state index < -0.39 is 0 Å². The van der Waals surface area contributed by atoms with E-state index in [1.165, 1.54) is 0 Å². The first kappa shape index (κ1) is 10.5. The van der Waals surface area contributed by atoms with Crippen LogP contribution in [0.5, 0.6) is 0 Å². The molecular weight excluding hydrogens is 166 g/mol. The Morgan fingerprint density at radius 3 is 2.85 bits per heavy atom. The van der Waals surface area contributed by atoms with Gasteiger partial charge in [-0.25, -0.2) is 0 Å². The van der Waals surface area contributed by atoms with Gasteiger partial charge >= 0.3 is 0 Å². The van der Waals surface area contributed by atoms with Crippen molar-refractivity contribution in [3.63, 3.8) is 0 Å². The number of ether oxygens (including phenoxy) is 1. The molecule has 4 heteroatoms. The number of morpholine rings is 1. The van der Waals surface area contributed by atoms with Crippen LogP contribution in [0, 0.1) is 0 Å². The lowest BCUT2D eigenvalue weighted by molar-refractivity contribution is 0.0221. The quantitative estimate of drug-likeness (QED) is 0.493. The minimum absolute atomic E-state index is 0.522. The lowest BCUT2D eigenvalue weighted by atomic mass is 10.2. The molecule has 0 spiro atoms. The molecule has 1 N–H and O–H groups in total. The van der Waals surface area contributed by atoms with Crippen LogP contribution >= 0.6 is 0 Å². The fraction of sp³-hybridized carbons (Fsp3) is 0.889. The molecule has 1 aliphatic heterocycles. The van der Waals surface area contributed by atoms with Gasteiger partial charge in [-0.3, -0.25) is 9.89 Å². The largest absolute Gasteiger partial charge is 0.380 e. The number of nitrogens with zero attached hydrogens (tertiary/aromatic N) is 2. The first-order valence-electron chi connectivity index (χ1n) is 4.82. The molecule has 0 aromatic rings. The van der Waals surface area contributed by atoms with E-state index >= 15 is 0 Å². The number of aliphatic imine (C=N–C) groups is 1. The molecule has 1 atom stereocenters. The molecule has 0 aliphatic carbocycles. The standard InChI is InChI=1S/C9H19N3O/c1-9(7-11-8-10-2)12-3-5-13-6-4-12/h8-9H,3-7H2,1-2H3,(H,10,11). The van der Waals surface area contributed by atoms with Crippen LogP contribution in [0.15, 0.2) is 4.99 Å². The van der Waals surface area contributed by atoms with Gasteiger partial charge in [-0.05, 0) is 6.92 Å². The Morgan fingerprint density at radius 2 is 2.23 bits per heavy atom. The van der Waals surface area contributed by atoms with Gasteiger partial charge in [-0.15, -0.1) is 0 Å². The summed E-state index contributed by atoms with van der Waals surface area (Å²) in [5.41, 5.74) is 0. The molecule has 1 aliphatic rings. The number of rotatable bonds is 4. The second-order valence-electron chi connectivity index (χ2n) is 3.28. The summed E-state index contributed by atoms with van der Waals surface area (Å²) in [4.78, 5) is 6.66. The number of hydrogen-bond donors (Lipinski definition) is 1. The molecule has 13 heavy (non-hydrogen) atoms. The molecule has 0 radical (unpaired) electrons. The van der Waals surface area contributed by atoms with Crippen molar-refractivity contribution in [2.24, 2.45) is 4.99 Å². The second kappa shape index (κ2) is 5.94. The SMILES string of the molecule is CN/C=N\CC(C)N1CCOCC1. The molecule has 0 amide bonds. The van der Waals surface area contributed by atoms with Crippen molar-refractivity contribution in [1.29, 1.82) is 0 Å². The van der Waals surface area contributed by atoms with E-state index in [1.807, 2.05) is 7.05 Å². The highest BCUT2D eigenvalue weighted by Crippen LogP contribution is 2.03. The summed E-state index contributed by atoms with van der Waals surface area (Å²) in [5, 5.41) is 2.89. The third kappa shape index (κ3) is 3.74. The molecule has 0 bridgehead atoms. The van der Waals surface area contributed by atoms with Gasteiger partial charge in [0, 0.05) is 26.2 Å². The van der Waals surface area contributed by atoms with Gasteiger partial charge in [0.05, 0.1) is 26.1 Å². The van der Waals surface area contributed by atoms with E-state index in [0.29, 0.717) is 6.04 Å². The average Bonchev–Trinajstić information content (AvgIpc) is 2.19. The van der Waals surface area contributed by atoms with Crippen LogP contribution in [0.1, 0.15) is 6.92 Å². The summed E-state index contributed by atoms with van der Waals surface area (Å²) in [6, 6.07) is 0.522. The highest BCUT2D eigenvalue weighted by molar-refractivity contribution is 5.53. The molecule has 4 nitrogen and oxygen atoms in total. The first-order chi connectivity index (χ1) is 6.34. The van der Waals surface area contributed by atoms with Crippen LogP contribution in [-0.4, -0.2) is 57.2 Å². The predicted octanol–water partition coefficient (Wildman–Crippen LogP) is -0.0452. The molecule has 0 saturated carbocycles. The van der Waals surface area contributed by atoms with E-state index in [4.69, 9.17) is 4.74 Å². The maximum absolute atomic E-state index is 5.28. The van der Waals surface area contributed by atoms with E-state index in [1.54, 1.807) is 6.34 Å². The minimum atomic E-state index is 0.522. The average molecular weight is 185 g/mol. The normalized spacial score (nSPS) is 22.0. The first-order valence-corrected chi connectivity index (χ1v) is 4.82. The third-order valence-electron chi connectivity index (χ3n) is 2.26. The molecule has 0 aromatic carbocycles. The highest BCUT2D eigenvalue weighted by Gasteiger charge is 2.15. The van der Waals surface area contributed by atoms with Crippen molar-refractivity contribution >= 4 is 6.34 Å². The van der Waals surface area contributed by atoms with Crippen LogP contribution in [0.3, 0.4) is 0 Å². The maximum Gasteiger partial charge on any atom is 0.0821 e. The number of nitrogens with one attached hydrogen (secondary N) is 1. The van der Waals surface area contributed by atoms with Gasteiger partial charge in [0.25, 0.3) is 0 Å². The fourth-order valence-electron chi connectivity index (χ4n) is 1.43. The summed E-state index contributed by atoms with van der Waals surface area (Å²) < 4.78 is 5.28. The van der Waals surface area contributed by atoms with Crippen molar-refractivity contribution in [1.82, 2.24) is 10.2 Å². The van der Waals surface area contributed by atoms with Gasteiger partial charge in [0.15, 0.2) is 0 Å². The molecule has 1 heterocycles. The summed E-state index contributed by atoms with van der Waals surface area (Å²) in [6.07, 6.45) is 1.75. The molecular formula is C9H19N3O. The van der Waals surface area contributed by atoms with Crippen molar-refractivity contribution in [2.45, 2.75) is 13.0 Å². The Balaban J connectivity index is 2.20. The van der Waals surface area contributed by atoms with E-state index in [0.717, 1.165) is 32.8 Å². The lowest BCUT2D eigenvalue weighted by Crippen LogP contribution is -2.43. The zero-order valence-electron chi connectivity index (χ0n) is 8.49. The molecule has 1 saturated heterocycles. The second-order valence-corrected chi connectivity index (χ2v) is 3.28. The zero-order chi connectivity index (χ0) is 9.52. The molecule has 0 aromatic heterocycles. The highest BCUT2D eigenvalue weighted by atomic mass is 16.5. The smallest absolute Gasteiger partial charge is 0.0821 e. The van der Waals surface area contributed by atoms with Crippen LogP contribution in [0.2, 0.25) is 0 Å². The van der Waals surface area contributed by atoms with Gasteiger partial charge in [0.2, 0.25) is 0 Å². The zero-order valence-corrected chi connectivity index (χ0v) is 8.49. The molecule has 1 rings (SSSR count). The summed E-state index contributed by atoms with van der Waals surface area (Å²) in [5.74, 6) is 0. The Labute approximate surface area is 80.0 Å². The lowest BCUT2D eigenvalue weighted by Gasteiger charge is -2.31. The van der Waals surface area contributed by atoms with E-state index in [9.17, 15) is 0 Å². The molecule has 1 unspecified atom stereocenters. The molecule has 76 valence electrons. The third-order valence-corrected chi connectivity index (χ3v) is 2.26. The topological polar surface area (TPSA) is 36.9 Å². The predicted molar refractivity (Wildman–Crippen MR) is 54.3 cm³/mol. The van der Waals surface area contributed by atoms with Crippen LogP contribution in [-0.2, 0) is 4.74 Å². The van der Waals surface area contributed by atoms with E-state index in [-0.39, 0.29) is 0 Å². The van der Waals surface area contributed by atoms with Crippen LogP contribution in [0.4, 0.5) is 0 Å². The number of hydrogen-bond acceptors (Lipinski definition) is 3. The van der Waals surface area contributed by atoms with Crippen molar-refractivity contribution in [3.8, 4) is 0 Å². The van der Waals surface area contributed by atoms with Gasteiger partial charge < -0.3 is 10.1 Å². The van der Waals surface area contributed by atoms with Crippen molar-refractivity contribution in [2.75, 3.05) is 39.9 Å². The van der Waals surface area contributed by atoms with E-state index in [2.05, 4.69) is 22.1 Å². The monoisotopic (exact) mass is 185 g/mol. The Kier molecular flexibility index (Phi) is 4.78. The summed E-state index contributed by atoms with van der Waals surface area (Å²) in [6.45, 7) is 6.87. The maximum atomic E-state index is 5.28.